The van der Waals surface area contributed by atoms with E-state index >= 15 is 0 Å². The molecule has 0 saturated heterocycles. The Balaban J connectivity index is 2.27. The van der Waals surface area contributed by atoms with E-state index in [1.807, 2.05) is 0 Å². The summed E-state index contributed by atoms with van der Waals surface area (Å²) in [6.07, 6.45) is 0. The molecule has 0 radical (unpaired) electrons. The zero-order chi connectivity index (χ0) is 27.2. The predicted octanol–water partition coefficient (Wildman–Crippen LogP) is 9.39. The van der Waals surface area contributed by atoms with Crippen LogP contribution in [0.1, 0.15) is 22.3 Å². The Kier molecular flexibility index (Phi) is 8.24. The minimum Gasteiger partial charge on any atom is -0.130 e. The lowest BCUT2D eigenvalue weighted by Gasteiger charge is -2.38. The molecule has 38 heavy (non-hydrogen) atoms. The van der Waals surface area contributed by atoms with Crippen LogP contribution in [0.2, 0.25) is 39.3 Å². The monoisotopic (exact) mass is 526 g/mol. The molecule has 190 valence electrons. The molecule has 0 spiro atoms. The highest BCUT2D eigenvalue weighted by atomic mass is 28.3. The van der Waals surface area contributed by atoms with Crippen molar-refractivity contribution in [1.29, 1.82) is 0 Å². The van der Waals surface area contributed by atoms with Crippen molar-refractivity contribution in [3.63, 3.8) is 0 Å². The van der Waals surface area contributed by atoms with Gasteiger partial charge in [-0.15, -0.1) is 11.3 Å². The molecule has 4 rings (SSSR count). The maximum atomic E-state index is 4.11. The Hall–Kier alpha value is -3.61. The zero-order valence-corrected chi connectivity index (χ0v) is 25.5. The molecule has 0 saturated carbocycles. The largest absolute Gasteiger partial charge is 0.130 e. The lowest BCUT2D eigenvalue weighted by atomic mass is 9.74. The molecule has 0 fully saturated rings. The van der Waals surface area contributed by atoms with Gasteiger partial charge < -0.3 is 0 Å². The normalized spacial score (nSPS) is 11.6. The third-order valence-electron chi connectivity index (χ3n) is 6.54. The van der Waals surface area contributed by atoms with Gasteiger partial charge >= 0.3 is 0 Å². The standard InChI is InChI=1S/C36H38Si2/c1-37(2,3)28-27-36(32-23-15-9-16-24-32,33-25-17-10-18-26-33)35(38(4,5)6)29-34(30-19-11-7-12-20-30)31-21-13-8-14-22-31/h7-26H,1-6H3. The second kappa shape index (κ2) is 11.4. The molecule has 0 aromatic heterocycles. The van der Waals surface area contributed by atoms with Gasteiger partial charge in [0.25, 0.3) is 0 Å². The molecule has 0 heterocycles. The molecule has 0 atom stereocenters. The molecule has 0 amide bonds. The maximum Gasteiger partial charge on any atom is 0.129 e. The first-order valence-corrected chi connectivity index (χ1v) is 20.4. The molecule has 0 bridgehead atoms. The number of rotatable bonds is 6. The first-order chi connectivity index (χ1) is 18.1. The Morgan fingerprint density at radius 1 is 0.526 bits per heavy atom. The smallest absolute Gasteiger partial charge is 0.129 e. The van der Waals surface area contributed by atoms with E-state index in [0.29, 0.717) is 0 Å². The van der Waals surface area contributed by atoms with E-state index in [9.17, 15) is 0 Å². The fourth-order valence-electron chi connectivity index (χ4n) is 4.81. The van der Waals surface area contributed by atoms with Crippen LogP contribution in [0.15, 0.2) is 132 Å². The average molecular weight is 527 g/mol. The molecule has 0 unspecified atom stereocenters. The zero-order valence-electron chi connectivity index (χ0n) is 23.5. The SMILES string of the molecule is C[Si](C)(C)C#CC(C(=C=C(c1ccccc1)c1ccccc1)[Si](C)(C)C)(c1ccccc1)c1ccccc1. The van der Waals surface area contributed by atoms with Crippen molar-refractivity contribution in [2.75, 3.05) is 0 Å². The van der Waals surface area contributed by atoms with Gasteiger partial charge in [0.05, 0.1) is 8.07 Å². The average Bonchev–Trinajstić information content (AvgIpc) is 2.91. The van der Waals surface area contributed by atoms with Gasteiger partial charge in [0.2, 0.25) is 0 Å². The van der Waals surface area contributed by atoms with E-state index < -0.39 is 21.6 Å². The summed E-state index contributed by atoms with van der Waals surface area (Å²) in [5.74, 6) is 3.95. The van der Waals surface area contributed by atoms with Gasteiger partial charge in [-0.3, -0.25) is 0 Å². The van der Waals surface area contributed by atoms with E-state index in [0.717, 1.165) is 5.57 Å². The molecular formula is C36H38Si2. The minimum atomic E-state index is -2.01. The summed E-state index contributed by atoms with van der Waals surface area (Å²) in [4.78, 5) is 0. The van der Waals surface area contributed by atoms with Crippen LogP contribution >= 0.6 is 0 Å². The molecule has 0 aliphatic heterocycles. The highest BCUT2D eigenvalue weighted by Crippen LogP contribution is 2.43. The van der Waals surface area contributed by atoms with Gasteiger partial charge in [-0.2, -0.15) is 0 Å². The molecule has 4 aromatic rings. The van der Waals surface area contributed by atoms with Crippen molar-refractivity contribution in [1.82, 2.24) is 0 Å². The van der Waals surface area contributed by atoms with E-state index in [-0.39, 0.29) is 0 Å². The number of allylic oxidation sites excluding steroid dienone is 1. The first kappa shape index (κ1) is 27.4. The maximum absolute atomic E-state index is 4.11. The van der Waals surface area contributed by atoms with E-state index in [4.69, 9.17) is 0 Å². The summed E-state index contributed by atoms with van der Waals surface area (Å²) < 4.78 is 0. The third-order valence-corrected chi connectivity index (χ3v) is 9.41. The minimum absolute atomic E-state index is 0.595. The van der Waals surface area contributed by atoms with Crippen molar-refractivity contribution in [3.05, 3.63) is 155 Å². The van der Waals surface area contributed by atoms with Gasteiger partial charge in [0, 0.05) is 5.57 Å². The molecule has 2 heteroatoms. The van der Waals surface area contributed by atoms with Crippen LogP contribution in [0.3, 0.4) is 0 Å². The van der Waals surface area contributed by atoms with Crippen LogP contribution in [0.5, 0.6) is 0 Å². The first-order valence-electron chi connectivity index (χ1n) is 13.4. The van der Waals surface area contributed by atoms with Crippen molar-refractivity contribution in [2.45, 2.75) is 44.7 Å². The van der Waals surface area contributed by atoms with Crippen LogP contribution in [0.25, 0.3) is 5.57 Å². The van der Waals surface area contributed by atoms with Gasteiger partial charge in [0.15, 0.2) is 0 Å². The van der Waals surface area contributed by atoms with Gasteiger partial charge in [-0.1, -0.05) is 167 Å². The van der Waals surface area contributed by atoms with E-state index in [1.54, 1.807) is 0 Å². The summed E-state index contributed by atoms with van der Waals surface area (Å²) in [5, 5.41) is 1.30. The Bertz CT molecular complexity index is 1390. The quantitative estimate of drug-likeness (QED) is 0.133. The summed E-state index contributed by atoms with van der Waals surface area (Å²) in [5.41, 5.74) is 13.2. The van der Waals surface area contributed by atoms with Crippen LogP contribution in [0, 0.1) is 11.5 Å². The van der Waals surface area contributed by atoms with Crippen molar-refractivity contribution in [3.8, 4) is 11.5 Å². The summed E-state index contributed by atoms with van der Waals surface area (Å²) in [6.45, 7) is 14.3. The molecule has 0 nitrogen and oxygen atoms in total. The molecular weight excluding hydrogens is 489 g/mol. The molecule has 4 aromatic carbocycles. The number of benzene rings is 4. The van der Waals surface area contributed by atoms with Crippen molar-refractivity contribution in [2.24, 2.45) is 0 Å². The lowest BCUT2D eigenvalue weighted by Crippen LogP contribution is -2.41. The molecule has 0 N–H and O–H groups in total. The predicted molar refractivity (Wildman–Crippen MR) is 171 cm³/mol. The summed E-state index contributed by atoms with van der Waals surface area (Å²) >= 11 is 0. The Morgan fingerprint density at radius 3 is 1.24 bits per heavy atom. The highest BCUT2D eigenvalue weighted by Gasteiger charge is 2.43. The van der Waals surface area contributed by atoms with E-state index in [1.165, 1.54) is 27.5 Å². The van der Waals surface area contributed by atoms with Crippen molar-refractivity contribution < 1.29 is 0 Å². The fourth-order valence-corrected chi connectivity index (χ4v) is 7.35. The van der Waals surface area contributed by atoms with Gasteiger partial charge in [0.1, 0.15) is 13.5 Å². The number of hydrogen-bond acceptors (Lipinski definition) is 0. The van der Waals surface area contributed by atoms with Crippen LogP contribution < -0.4 is 0 Å². The third kappa shape index (κ3) is 6.26. The highest BCUT2D eigenvalue weighted by molar-refractivity contribution is 6.84. The molecule has 0 aliphatic carbocycles. The Labute approximate surface area is 231 Å². The van der Waals surface area contributed by atoms with Gasteiger partial charge in [-0.25, -0.2) is 0 Å². The van der Waals surface area contributed by atoms with Crippen LogP contribution in [0.4, 0.5) is 0 Å². The van der Waals surface area contributed by atoms with Crippen molar-refractivity contribution >= 4 is 21.7 Å². The summed E-state index contributed by atoms with van der Waals surface area (Å²) in [6, 6.07) is 43.1. The summed E-state index contributed by atoms with van der Waals surface area (Å²) in [7, 11) is -3.71. The second-order valence-electron chi connectivity index (χ2n) is 11.8. The topological polar surface area (TPSA) is 0 Å². The Morgan fingerprint density at radius 2 is 0.895 bits per heavy atom. The lowest BCUT2D eigenvalue weighted by molar-refractivity contribution is 0.821. The van der Waals surface area contributed by atoms with Gasteiger partial charge in [-0.05, 0) is 27.5 Å². The molecule has 0 aliphatic rings. The number of hydrogen-bond donors (Lipinski definition) is 0. The van der Waals surface area contributed by atoms with Crippen LogP contribution in [-0.2, 0) is 5.41 Å². The second-order valence-corrected chi connectivity index (χ2v) is 21.6. The van der Waals surface area contributed by atoms with E-state index in [2.05, 4.69) is 178 Å². The van der Waals surface area contributed by atoms with Crippen LogP contribution in [-0.4, -0.2) is 16.1 Å². The fraction of sp³-hybridized carbons (Fsp3) is 0.194.